The summed E-state index contributed by atoms with van der Waals surface area (Å²) in [7, 11) is 0. The van der Waals surface area contributed by atoms with Crippen molar-refractivity contribution in [3.8, 4) is 5.75 Å². The summed E-state index contributed by atoms with van der Waals surface area (Å²) in [5.41, 5.74) is -1.49. The van der Waals surface area contributed by atoms with Crippen LogP contribution < -0.4 is 10.1 Å². The predicted octanol–water partition coefficient (Wildman–Crippen LogP) is 3.81. The third-order valence-electron chi connectivity index (χ3n) is 4.48. The first-order valence-electron chi connectivity index (χ1n) is 8.86. The van der Waals surface area contributed by atoms with E-state index in [9.17, 15) is 37.7 Å². The minimum atomic E-state index is -4.64. The Balaban J connectivity index is 1.85. The van der Waals surface area contributed by atoms with Crippen LogP contribution in [0.4, 0.5) is 24.5 Å². The van der Waals surface area contributed by atoms with E-state index in [1.807, 2.05) is 0 Å². The highest BCUT2D eigenvalue weighted by molar-refractivity contribution is 6.31. The molecule has 1 unspecified atom stereocenters. The third kappa shape index (κ3) is 4.49. The minimum absolute atomic E-state index is 0.0728. The second-order valence-corrected chi connectivity index (χ2v) is 7.08. The number of hydrogen-bond acceptors (Lipinski definition) is 6. The van der Waals surface area contributed by atoms with Gasteiger partial charge in [0.1, 0.15) is 17.4 Å². The molecule has 13 heteroatoms. The summed E-state index contributed by atoms with van der Waals surface area (Å²) in [6.07, 6.45) is -4.64. The molecular formula is C19H13ClF3N3O6. The number of hydrogen-bond donors (Lipinski definition) is 1. The van der Waals surface area contributed by atoms with Crippen LogP contribution in [0.5, 0.6) is 5.75 Å². The summed E-state index contributed by atoms with van der Waals surface area (Å²) in [6.45, 7) is -0.446. The van der Waals surface area contributed by atoms with E-state index in [1.165, 1.54) is 25.1 Å². The van der Waals surface area contributed by atoms with E-state index in [4.69, 9.17) is 11.6 Å². The number of halogens is 4. The first-order chi connectivity index (χ1) is 14.9. The molecule has 0 aliphatic carbocycles. The number of nitrogens with zero attached hydrogens (tertiary/aromatic N) is 2. The molecule has 0 radical (unpaired) electrons. The molecule has 0 saturated heterocycles. The summed E-state index contributed by atoms with van der Waals surface area (Å²) in [4.78, 5) is 49.0. The Labute approximate surface area is 182 Å². The van der Waals surface area contributed by atoms with Crippen LogP contribution in [0.2, 0.25) is 5.02 Å². The molecule has 1 aliphatic rings. The Morgan fingerprint density at radius 1 is 1.25 bits per heavy atom. The van der Waals surface area contributed by atoms with E-state index >= 15 is 0 Å². The fourth-order valence-electron chi connectivity index (χ4n) is 3.03. The van der Waals surface area contributed by atoms with Gasteiger partial charge in [-0.2, -0.15) is 13.2 Å². The van der Waals surface area contributed by atoms with E-state index in [2.05, 4.69) is 10.1 Å². The largest absolute Gasteiger partial charge is 0.482 e. The lowest BCUT2D eigenvalue weighted by atomic mass is 10.1. The van der Waals surface area contributed by atoms with Gasteiger partial charge in [0.2, 0.25) is 5.91 Å². The molecular weight excluding hydrogens is 459 g/mol. The Kier molecular flexibility index (Phi) is 6.08. The molecule has 0 fully saturated rings. The number of nitro groups is 1. The molecule has 3 amide bonds. The number of anilines is 1. The van der Waals surface area contributed by atoms with Crippen LogP contribution >= 0.6 is 11.6 Å². The molecule has 0 spiro atoms. The summed E-state index contributed by atoms with van der Waals surface area (Å²) in [6, 6.07) is 5.52. The van der Waals surface area contributed by atoms with E-state index in [1.54, 1.807) is 0 Å². The fourth-order valence-corrected chi connectivity index (χ4v) is 3.20. The zero-order valence-corrected chi connectivity index (χ0v) is 16.9. The maximum absolute atomic E-state index is 12.7. The molecule has 1 heterocycles. The molecule has 0 bridgehead atoms. The van der Waals surface area contributed by atoms with Crippen LogP contribution in [0.25, 0.3) is 0 Å². The molecule has 0 aromatic heterocycles. The number of ether oxygens (including phenoxy) is 1. The summed E-state index contributed by atoms with van der Waals surface area (Å²) in [5, 5.41) is 13.6. The van der Waals surface area contributed by atoms with Gasteiger partial charge in [-0.25, -0.2) is 0 Å². The predicted molar refractivity (Wildman–Crippen MR) is 105 cm³/mol. The van der Waals surface area contributed by atoms with E-state index in [0.29, 0.717) is 4.90 Å². The van der Waals surface area contributed by atoms with Gasteiger partial charge in [0.25, 0.3) is 17.5 Å². The molecule has 9 nitrogen and oxygen atoms in total. The van der Waals surface area contributed by atoms with Gasteiger partial charge >= 0.3 is 6.18 Å². The molecule has 0 saturated carbocycles. The number of rotatable bonds is 6. The summed E-state index contributed by atoms with van der Waals surface area (Å²) < 4.78 is 42.1. The molecule has 32 heavy (non-hydrogen) atoms. The van der Waals surface area contributed by atoms with Crippen molar-refractivity contribution >= 4 is 40.7 Å². The monoisotopic (exact) mass is 471 g/mol. The normalized spacial score (nSPS) is 14.2. The topological polar surface area (TPSA) is 119 Å². The lowest BCUT2D eigenvalue weighted by Crippen LogP contribution is -2.45. The van der Waals surface area contributed by atoms with E-state index in [-0.39, 0.29) is 22.0 Å². The van der Waals surface area contributed by atoms with Crippen LogP contribution in [0.3, 0.4) is 0 Å². The number of nitro benzene ring substituents is 1. The van der Waals surface area contributed by atoms with Crippen molar-refractivity contribution in [3.63, 3.8) is 0 Å². The van der Waals surface area contributed by atoms with Gasteiger partial charge < -0.3 is 10.1 Å². The van der Waals surface area contributed by atoms with Crippen LogP contribution in [-0.2, 0) is 4.79 Å². The van der Waals surface area contributed by atoms with Gasteiger partial charge in [-0.15, -0.1) is 0 Å². The molecule has 168 valence electrons. The number of fused-ring (bicyclic) bond motifs is 1. The average molecular weight is 472 g/mol. The van der Waals surface area contributed by atoms with Crippen LogP contribution in [0.15, 0.2) is 36.4 Å². The van der Waals surface area contributed by atoms with Crippen molar-refractivity contribution in [2.24, 2.45) is 0 Å². The first-order valence-corrected chi connectivity index (χ1v) is 9.23. The van der Waals surface area contributed by atoms with Crippen molar-refractivity contribution in [1.29, 1.82) is 0 Å². The number of amides is 3. The van der Waals surface area contributed by atoms with Crippen LogP contribution in [0.1, 0.15) is 27.6 Å². The zero-order chi connectivity index (χ0) is 23.8. The van der Waals surface area contributed by atoms with Gasteiger partial charge in [-0.1, -0.05) is 17.7 Å². The van der Waals surface area contributed by atoms with Crippen LogP contribution in [0, 0.1) is 10.1 Å². The highest BCUT2D eigenvalue weighted by atomic mass is 35.5. The van der Waals surface area contributed by atoms with Crippen molar-refractivity contribution in [1.82, 2.24) is 4.90 Å². The van der Waals surface area contributed by atoms with Gasteiger partial charge in [0, 0.05) is 11.1 Å². The van der Waals surface area contributed by atoms with Gasteiger partial charge in [-0.3, -0.25) is 29.4 Å². The highest BCUT2D eigenvalue weighted by Gasteiger charge is 2.45. The van der Waals surface area contributed by atoms with Crippen LogP contribution in [-0.4, -0.2) is 46.4 Å². The van der Waals surface area contributed by atoms with Crippen molar-refractivity contribution in [2.75, 3.05) is 11.9 Å². The van der Waals surface area contributed by atoms with E-state index < -0.39 is 52.7 Å². The van der Waals surface area contributed by atoms with Crippen molar-refractivity contribution < 1.29 is 37.2 Å². The molecule has 1 atom stereocenters. The highest BCUT2D eigenvalue weighted by Crippen LogP contribution is 2.33. The number of benzene rings is 2. The SMILES string of the molecule is CC(C(=O)Nc1cc(Cl)ccc1OCC(F)(F)F)N1C(=O)c2cccc([N+](=O)[O-])c2C1=O. The molecule has 1 N–H and O–H groups in total. The van der Waals surface area contributed by atoms with Crippen molar-refractivity contribution in [3.05, 3.63) is 62.7 Å². The third-order valence-corrected chi connectivity index (χ3v) is 4.71. The number of carbonyl (C=O) groups is 3. The molecule has 2 aromatic rings. The molecule has 2 aromatic carbocycles. The average Bonchev–Trinajstić information content (AvgIpc) is 2.96. The Hall–Kier alpha value is -3.67. The lowest BCUT2D eigenvalue weighted by Gasteiger charge is -2.22. The molecule has 3 rings (SSSR count). The maximum atomic E-state index is 12.7. The van der Waals surface area contributed by atoms with Gasteiger partial charge in [0.15, 0.2) is 6.61 Å². The Morgan fingerprint density at radius 2 is 1.94 bits per heavy atom. The molecule has 1 aliphatic heterocycles. The zero-order valence-electron chi connectivity index (χ0n) is 16.1. The fraction of sp³-hybridized carbons (Fsp3) is 0.211. The summed E-state index contributed by atoms with van der Waals surface area (Å²) >= 11 is 5.84. The maximum Gasteiger partial charge on any atom is 0.422 e. The Bertz CT molecular complexity index is 1140. The smallest absolute Gasteiger partial charge is 0.422 e. The minimum Gasteiger partial charge on any atom is -0.482 e. The number of carbonyl (C=O) groups excluding carboxylic acids is 3. The van der Waals surface area contributed by atoms with E-state index in [0.717, 1.165) is 18.2 Å². The van der Waals surface area contributed by atoms with Crippen molar-refractivity contribution in [2.45, 2.75) is 19.1 Å². The van der Waals surface area contributed by atoms with Gasteiger partial charge in [-0.05, 0) is 31.2 Å². The summed E-state index contributed by atoms with van der Waals surface area (Å²) in [5.74, 6) is -3.26. The number of alkyl halides is 3. The second kappa shape index (κ2) is 8.46. The standard InChI is InChI=1S/C19H13ClF3N3O6/c1-9(25-17(28)11-3-2-4-13(26(30)31)15(11)18(25)29)16(27)24-12-7-10(20)5-6-14(12)32-8-19(21,22)23/h2-7,9H,8H2,1H3,(H,24,27). The van der Waals surface area contributed by atoms with Gasteiger partial charge in [0.05, 0.1) is 16.2 Å². The quantitative estimate of drug-likeness (QED) is 0.389. The number of imide groups is 1. The number of nitrogens with one attached hydrogen (secondary N) is 1. The lowest BCUT2D eigenvalue weighted by molar-refractivity contribution is -0.385. The Morgan fingerprint density at radius 3 is 2.56 bits per heavy atom. The first kappa shape index (κ1) is 23.0. The second-order valence-electron chi connectivity index (χ2n) is 6.65.